The van der Waals surface area contributed by atoms with Crippen LogP contribution in [-0.4, -0.2) is 43.8 Å². The van der Waals surface area contributed by atoms with Gasteiger partial charge in [0.15, 0.2) is 0 Å². The molecule has 9 heteroatoms. The van der Waals surface area contributed by atoms with Crippen LogP contribution in [0.5, 0.6) is 0 Å². The minimum Gasteiger partial charge on any atom is -0.352 e. The van der Waals surface area contributed by atoms with Crippen molar-refractivity contribution < 1.29 is 18.0 Å². The molecule has 2 amide bonds. The van der Waals surface area contributed by atoms with Gasteiger partial charge < -0.3 is 10.2 Å². The van der Waals surface area contributed by atoms with E-state index < -0.39 is 28.5 Å². The van der Waals surface area contributed by atoms with Crippen LogP contribution >= 0.6 is 15.9 Å². The minimum absolute atomic E-state index is 0.0508. The number of nitrogens with zero attached hydrogens (tertiary/aromatic N) is 2. The van der Waals surface area contributed by atoms with Crippen molar-refractivity contribution in [3.05, 3.63) is 131 Å². The molecule has 1 aliphatic rings. The second-order valence-electron chi connectivity index (χ2n) is 11.4. The largest absolute Gasteiger partial charge is 0.352 e. The Morgan fingerprint density at radius 2 is 1.38 bits per heavy atom. The second kappa shape index (κ2) is 15.4. The van der Waals surface area contributed by atoms with Gasteiger partial charge in [0.05, 0.1) is 10.6 Å². The molecule has 0 spiro atoms. The summed E-state index contributed by atoms with van der Waals surface area (Å²) in [7, 11) is -4.14. The number of carbonyl (C=O) groups is 2. The number of sulfonamides is 1. The van der Waals surface area contributed by atoms with Crippen molar-refractivity contribution in [3.8, 4) is 0 Å². The van der Waals surface area contributed by atoms with Gasteiger partial charge in [0.1, 0.15) is 12.6 Å². The number of nitrogens with one attached hydrogen (secondary N) is 1. The van der Waals surface area contributed by atoms with Gasteiger partial charge in [-0.3, -0.25) is 13.9 Å². The van der Waals surface area contributed by atoms with Crippen molar-refractivity contribution in [2.24, 2.45) is 0 Å². The van der Waals surface area contributed by atoms with Crippen LogP contribution in [-0.2, 0) is 32.6 Å². The number of benzene rings is 4. The van der Waals surface area contributed by atoms with Gasteiger partial charge in [-0.05, 0) is 54.3 Å². The van der Waals surface area contributed by atoms with Crippen LogP contribution in [0.1, 0.15) is 43.2 Å². The van der Waals surface area contributed by atoms with E-state index in [1.54, 1.807) is 47.4 Å². The van der Waals surface area contributed by atoms with Crippen LogP contribution in [0.15, 0.2) is 125 Å². The number of carbonyl (C=O) groups excluding carboxylic acids is 2. The highest BCUT2D eigenvalue weighted by molar-refractivity contribution is 9.10. The molecule has 0 aromatic heterocycles. The second-order valence-corrected chi connectivity index (χ2v) is 14.1. The first-order chi connectivity index (χ1) is 21.8. The van der Waals surface area contributed by atoms with Crippen LogP contribution in [0.25, 0.3) is 0 Å². The smallest absolute Gasteiger partial charge is 0.264 e. The molecule has 1 unspecified atom stereocenters. The number of halogens is 1. The van der Waals surface area contributed by atoms with E-state index in [-0.39, 0.29) is 23.4 Å². The summed E-state index contributed by atoms with van der Waals surface area (Å²) in [6, 6.07) is 33.3. The fraction of sp³-hybridized carbons (Fsp3) is 0.278. The summed E-state index contributed by atoms with van der Waals surface area (Å²) in [5.41, 5.74) is 2.09. The van der Waals surface area contributed by atoms with Crippen LogP contribution in [0.3, 0.4) is 0 Å². The molecule has 0 bridgehead atoms. The summed E-state index contributed by atoms with van der Waals surface area (Å²) in [6.45, 7) is -0.338. The third-order valence-corrected chi connectivity index (χ3v) is 10.4. The molecule has 45 heavy (non-hydrogen) atoms. The molecule has 0 aliphatic heterocycles. The highest BCUT2D eigenvalue weighted by Gasteiger charge is 2.35. The molecule has 4 aromatic rings. The number of hydrogen-bond donors (Lipinski definition) is 1. The van der Waals surface area contributed by atoms with Crippen molar-refractivity contribution in [1.82, 2.24) is 10.2 Å². The van der Waals surface area contributed by atoms with Gasteiger partial charge in [0.25, 0.3) is 10.0 Å². The van der Waals surface area contributed by atoms with Gasteiger partial charge in [-0.15, -0.1) is 0 Å². The SMILES string of the molecule is O=C(NC1CCCCC1)C(Cc1ccccc1)N(Cc1ccccc1)C(=O)CN(c1cccc(Br)c1)S(=O)(=O)c1ccccc1. The first-order valence-electron chi connectivity index (χ1n) is 15.3. The Bertz CT molecular complexity index is 1660. The molecule has 1 N–H and O–H groups in total. The van der Waals surface area contributed by atoms with E-state index in [4.69, 9.17) is 0 Å². The number of amides is 2. The molecule has 1 fully saturated rings. The summed E-state index contributed by atoms with van der Waals surface area (Å²) in [5, 5.41) is 3.24. The number of anilines is 1. The monoisotopic (exact) mass is 687 g/mol. The Hall–Kier alpha value is -3.95. The predicted molar refractivity (Wildman–Crippen MR) is 181 cm³/mol. The van der Waals surface area contributed by atoms with E-state index in [2.05, 4.69) is 21.2 Å². The average Bonchev–Trinajstić information content (AvgIpc) is 3.07. The average molecular weight is 689 g/mol. The molecule has 1 aliphatic carbocycles. The molecule has 4 aromatic carbocycles. The van der Waals surface area contributed by atoms with E-state index in [1.165, 1.54) is 12.1 Å². The molecule has 0 radical (unpaired) electrons. The van der Waals surface area contributed by atoms with Gasteiger partial charge in [0.2, 0.25) is 11.8 Å². The van der Waals surface area contributed by atoms with Crippen molar-refractivity contribution in [3.63, 3.8) is 0 Å². The van der Waals surface area contributed by atoms with Crippen molar-refractivity contribution in [2.45, 2.75) is 62.0 Å². The minimum atomic E-state index is -4.14. The maximum absolute atomic E-state index is 14.6. The fourth-order valence-electron chi connectivity index (χ4n) is 5.76. The molecule has 7 nitrogen and oxygen atoms in total. The topological polar surface area (TPSA) is 86.8 Å². The van der Waals surface area contributed by atoms with Gasteiger partial charge >= 0.3 is 0 Å². The quantitative estimate of drug-likeness (QED) is 0.179. The zero-order valence-electron chi connectivity index (χ0n) is 25.1. The van der Waals surface area contributed by atoms with Gasteiger partial charge in [-0.2, -0.15) is 0 Å². The lowest BCUT2D eigenvalue weighted by Gasteiger charge is -2.35. The maximum atomic E-state index is 14.6. The summed E-state index contributed by atoms with van der Waals surface area (Å²) < 4.78 is 30.0. The van der Waals surface area contributed by atoms with Gasteiger partial charge in [0, 0.05) is 23.5 Å². The summed E-state index contributed by atoms with van der Waals surface area (Å²) in [5.74, 6) is -0.701. The van der Waals surface area contributed by atoms with E-state index in [1.807, 2.05) is 60.7 Å². The Kier molecular flexibility index (Phi) is 11.1. The normalized spacial score (nSPS) is 14.3. The van der Waals surface area contributed by atoms with Crippen LogP contribution < -0.4 is 9.62 Å². The van der Waals surface area contributed by atoms with Gasteiger partial charge in [-0.25, -0.2) is 8.42 Å². The highest BCUT2D eigenvalue weighted by atomic mass is 79.9. The predicted octanol–water partition coefficient (Wildman–Crippen LogP) is 6.73. The van der Waals surface area contributed by atoms with Gasteiger partial charge in [-0.1, -0.05) is 120 Å². The Balaban J connectivity index is 1.54. The Morgan fingerprint density at radius 3 is 2.00 bits per heavy atom. The molecule has 0 heterocycles. The Labute approximate surface area is 274 Å². The number of rotatable bonds is 12. The number of hydrogen-bond acceptors (Lipinski definition) is 4. The first kappa shape index (κ1) is 32.4. The first-order valence-corrected chi connectivity index (χ1v) is 17.6. The van der Waals surface area contributed by atoms with E-state index in [0.29, 0.717) is 16.6 Å². The lowest BCUT2D eigenvalue weighted by Crippen LogP contribution is -2.55. The van der Waals surface area contributed by atoms with E-state index in [9.17, 15) is 18.0 Å². The van der Waals surface area contributed by atoms with E-state index in [0.717, 1.165) is 47.5 Å². The fourth-order valence-corrected chi connectivity index (χ4v) is 7.57. The highest BCUT2D eigenvalue weighted by Crippen LogP contribution is 2.27. The van der Waals surface area contributed by atoms with Crippen LogP contribution in [0.4, 0.5) is 5.69 Å². The standard InChI is InChI=1S/C36H38BrN3O4S/c37-30-18-13-21-32(25-30)40(45(43,44)33-22-11-4-12-23-33)27-35(41)39(26-29-16-7-2-8-17-29)34(24-28-14-5-1-6-15-28)36(42)38-31-19-9-3-10-20-31/h1-2,4-8,11-18,21-23,25,31,34H,3,9-10,19-20,24,26-27H2,(H,38,42). The lowest BCUT2D eigenvalue weighted by atomic mass is 9.94. The van der Waals surface area contributed by atoms with Crippen molar-refractivity contribution in [2.75, 3.05) is 10.8 Å². The third-order valence-electron chi connectivity index (χ3n) is 8.12. The molecule has 0 saturated heterocycles. The molecule has 1 atom stereocenters. The summed E-state index contributed by atoms with van der Waals surface area (Å²) in [6.07, 6.45) is 5.37. The van der Waals surface area contributed by atoms with Crippen LogP contribution in [0.2, 0.25) is 0 Å². The maximum Gasteiger partial charge on any atom is 0.264 e. The summed E-state index contributed by atoms with van der Waals surface area (Å²) >= 11 is 3.45. The molecule has 234 valence electrons. The molecular formula is C36H38BrN3O4S. The molecular weight excluding hydrogens is 650 g/mol. The van der Waals surface area contributed by atoms with Crippen molar-refractivity contribution in [1.29, 1.82) is 0 Å². The Morgan fingerprint density at radius 1 is 0.778 bits per heavy atom. The zero-order valence-corrected chi connectivity index (χ0v) is 27.5. The molecule has 1 saturated carbocycles. The molecule has 5 rings (SSSR count). The summed E-state index contributed by atoms with van der Waals surface area (Å²) in [4.78, 5) is 30.3. The van der Waals surface area contributed by atoms with Crippen molar-refractivity contribution >= 4 is 43.5 Å². The lowest BCUT2D eigenvalue weighted by molar-refractivity contribution is -0.140. The third kappa shape index (κ3) is 8.61. The zero-order chi connectivity index (χ0) is 31.6. The van der Waals surface area contributed by atoms with Crippen LogP contribution in [0, 0.1) is 0 Å². The van der Waals surface area contributed by atoms with E-state index >= 15 is 0 Å².